The molecule has 1 fully saturated rings. The molecule has 1 aliphatic heterocycles. The number of aromatic nitrogens is 2. The molecular weight excluding hydrogens is 324 g/mol. The Balaban J connectivity index is 1.79. The van der Waals surface area contributed by atoms with Gasteiger partial charge in [0.2, 0.25) is 5.91 Å². The Morgan fingerprint density at radius 1 is 1.17 bits per heavy atom. The van der Waals surface area contributed by atoms with Gasteiger partial charge in [0.25, 0.3) is 0 Å². The van der Waals surface area contributed by atoms with Crippen molar-refractivity contribution < 1.29 is 4.79 Å². The van der Waals surface area contributed by atoms with Crippen LogP contribution < -0.4 is 4.90 Å². The van der Waals surface area contributed by atoms with Gasteiger partial charge in [-0.25, -0.2) is 0 Å². The SMILES string of the molecule is CC[C@@H]1CN(c2ccc(Cl)nn2)CCC(=O)N1Cc1ccccc1. The normalized spacial score (nSPS) is 18.6. The molecule has 1 atom stereocenters. The zero-order valence-corrected chi connectivity index (χ0v) is 14.5. The number of halogens is 1. The van der Waals surface area contributed by atoms with Crippen molar-refractivity contribution >= 4 is 23.3 Å². The molecule has 0 bridgehead atoms. The van der Waals surface area contributed by atoms with Crippen LogP contribution in [-0.2, 0) is 11.3 Å². The van der Waals surface area contributed by atoms with E-state index in [-0.39, 0.29) is 11.9 Å². The predicted molar refractivity (Wildman–Crippen MR) is 94.9 cm³/mol. The van der Waals surface area contributed by atoms with Crippen molar-refractivity contribution in [3.63, 3.8) is 0 Å². The first-order valence-electron chi connectivity index (χ1n) is 8.25. The number of carbonyl (C=O) groups is 1. The van der Waals surface area contributed by atoms with E-state index in [0.717, 1.165) is 24.3 Å². The molecular formula is C18H21ClN4O. The van der Waals surface area contributed by atoms with Crippen LogP contribution >= 0.6 is 11.6 Å². The summed E-state index contributed by atoms with van der Waals surface area (Å²) in [5.74, 6) is 0.960. The van der Waals surface area contributed by atoms with Crippen molar-refractivity contribution in [3.8, 4) is 0 Å². The minimum absolute atomic E-state index is 0.151. The summed E-state index contributed by atoms with van der Waals surface area (Å²) in [4.78, 5) is 16.8. The van der Waals surface area contributed by atoms with E-state index in [9.17, 15) is 4.79 Å². The molecule has 0 saturated carbocycles. The van der Waals surface area contributed by atoms with Crippen molar-refractivity contribution in [2.45, 2.75) is 32.4 Å². The van der Waals surface area contributed by atoms with Gasteiger partial charge in [0.1, 0.15) is 0 Å². The Labute approximate surface area is 147 Å². The van der Waals surface area contributed by atoms with Gasteiger partial charge in [-0.15, -0.1) is 10.2 Å². The lowest BCUT2D eigenvalue weighted by atomic mass is 10.1. The summed E-state index contributed by atoms with van der Waals surface area (Å²) in [5.41, 5.74) is 1.16. The smallest absolute Gasteiger partial charge is 0.224 e. The van der Waals surface area contributed by atoms with Crippen molar-refractivity contribution in [2.75, 3.05) is 18.0 Å². The lowest BCUT2D eigenvalue weighted by Crippen LogP contribution is -2.42. The molecule has 1 aliphatic rings. The van der Waals surface area contributed by atoms with Crippen LogP contribution in [0.5, 0.6) is 0 Å². The Kier molecular flexibility index (Phi) is 5.30. The summed E-state index contributed by atoms with van der Waals surface area (Å²) < 4.78 is 0. The highest BCUT2D eigenvalue weighted by Crippen LogP contribution is 2.21. The molecule has 5 nitrogen and oxygen atoms in total. The largest absolute Gasteiger partial charge is 0.353 e. The van der Waals surface area contributed by atoms with E-state index in [1.165, 1.54) is 0 Å². The number of benzene rings is 1. The zero-order chi connectivity index (χ0) is 16.9. The molecule has 0 aliphatic carbocycles. The summed E-state index contributed by atoms with van der Waals surface area (Å²) in [6, 6.07) is 13.9. The summed E-state index contributed by atoms with van der Waals surface area (Å²) >= 11 is 5.82. The molecule has 6 heteroatoms. The van der Waals surface area contributed by atoms with Crippen LogP contribution in [0.25, 0.3) is 0 Å². The number of amides is 1. The fraction of sp³-hybridized carbons (Fsp3) is 0.389. The zero-order valence-electron chi connectivity index (χ0n) is 13.7. The molecule has 0 spiro atoms. The van der Waals surface area contributed by atoms with Crippen LogP contribution in [0, 0.1) is 0 Å². The third kappa shape index (κ3) is 3.85. The fourth-order valence-corrected chi connectivity index (χ4v) is 3.16. The monoisotopic (exact) mass is 344 g/mol. The predicted octanol–water partition coefficient (Wildman–Crippen LogP) is 3.15. The van der Waals surface area contributed by atoms with Crippen molar-refractivity contribution in [2.24, 2.45) is 0 Å². The second-order valence-corrected chi connectivity index (χ2v) is 6.37. The van der Waals surface area contributed by atoms with E-state index in [1.54, 1.807) is 6.07 Å². The summed E-state index contributed by atoms with van der Waals surface area (Å²) in [5, 5.41) is 8.45. The topological polar surface area (TPSA) is 49.3 Å². The van der Waals surface area contributed by atoms with Crippen LogP contribution in [0.4, 0.5) is 5.82 Å². The third-order valence-electron chi connectivity index (χ3n) is 4.40. The van der Waals surface area contributed by atoms with Crippen LogP contribution in [0.3, 0.4) is 0 Å². The molecule has 126 valence electrons. The van der Waals surface area contributed by atoms with E-state index in [0.29, 0.717) is 24.7 Å². The van der Waals surface area contributed by atoms with Crippen LogP contribution in [-0.4, -0.2) is 40.1 Å². The molecule has 1 aromatic carbocycles. The molecule has 0 unspecified atom stereocenters. The van der Waals surface area contributed by atoms with Crippen molar-refractivity contribution in [1.29, 1.82) is 0 Å². The number of nitrogens with zero attached hydrogens (tertiary/aromatic N) is 4. The van der Waals surface area contributed by atoms with Gasteiger partial charge in [-0.2, -0.15) is 0 Å². The fourth-order valence-electron chi connectivity index (χ4n) is 3.05. The van der Waals surface area contributed by atoms with Crippen molar-refractivity contribution in [1.82, 2.24) is 15.1 Å². The van der Waals surface area contributed by atoms with E-state index in [1.807, 2.05) is 29.2 Å². The number of hydrogen-bond donors (Lipinski definition) is 0. The van der Waals surface area contributed by atoms with E-state index in [2.05, 4.69) is 34.2 Å². The maximum atomic E-state index is 12.7. The lowest BCUT2D eigenvalue weighted by molar-refractivity contribution is -0.133. The minimum Gasteiger partial charge on any atom is -0.353 e. The molecule has 1 amide bonds. The molecule has 0 radical (unpaired) electrons. The van der Waals surface area contributed by atoms with Gasteiger partial charge in [-0.05, 0) is 24.1 Å². The average molecular weight is 345 g/mol. The Morgan fingerprint density at radius 3 is 2.62 bits per heavy atom. The van der Waals surface area contributed by atoms with Gasteiger partial charge in [-0.3, -0.25) is 4.79 Å². The van der Waals surface area contributed by atoms with E-state index >= 15 is 0 Å². The summed E-state index contributed by atoms with van der Waals surface area (Å²) in [6.07, 6.45) is 1.38. The second-order valence-electron chi connectivity index (χ2n) is 5.98. The Bertz CT molecular complexity index is 677. The number of hydrogen-bond acceptors (Lipinski definition) is 4. The Morgan fingerprint density at radius 2 is 1.96 bits per heavy atom. The number of rotatable bonds is 4. The lowest BCUT2D eigenvalue weighted by Gasteiger charge is -2.31. The van der Waals surface area contributed by atoms with E-state index in [4.69, 9.17) is 11.6 Å². The van der Waals surface area contributed by atoms with Crippen LogP contribution in [0.1, 0.15) is 25.3 Å². The molecule has 1 aromatic heterocycles. The maximum absolute atomic E-state index is 12.7. The Hall–Kier alpha value is -2.14. The highest BCUT2D eigenvalue weighted by molar-refractivity contribution is 6.29. The van der Waals surface area contributed by atoms with Crippen LogP contribution in [0.15, 0.2) is 42.5 Å². The molecule has 2 aromatic rings. The highest BCUT2D eigenvalue weighted by atomic mass is 35.5. The molecule has 1 saturated heterocycles. The molecule has 0 N–H and O–H groups in total. The van der Waals surface area contributed by atoms with Gasteiger partial charge in [-0.1, -0.05) is 48.9 Å². The second kappa shape index (κ2) is 7.62. The average Bonchev–Trinajstić information content (AvgIpc) is 2.76. The van der Waals surface area contributed by atoms with E-state index < -0.39 is 0 Å². The van der Waals surface area contributed by atoms with Gasteiger partial charge in [0.05, 0.1) is 0 Å². The number of anilines is 1. The summed E-state index contributed by atoms with van der Waals surface area (Å²) in [6.45, 7) is 4.17. The van der Waals surface area contributed by atoms with Crippen LogP contribution in [0.2, 0.25) is 5.15 Å². The minimum atomic E-state index is 0.151. The quantitative estimate of drug-likeness (QED) is 0.855. The van der Waals surface area contributed by atoms with Gasteiger partial charge < -0.3 is 9.80 Å². The first-order valence-corrected chi connectivity index (χ1v) is 8.62. The van der Waals surface area contributed by atoms with Gasteiger partial charge in [0, 0.05) is 32.1 Å². The third-order valence-corrected chi connectivity index (χ3v) is 4.60. The van der Waals surface area contributed by atoms with Crippen molar-refractivity contribution in [3.05, 3.63) is 53.2 Å². The number of carbonyl (C=O) groups excluding carboxylic acids is 1. The molecule has 2 heterocycles. The highest BCUT2D eigenvalue weighted by Gasteiger charge is 2.29. The first kappa shape index (κ1) is 16.7. The molecule has 24 heavy (non-hydrogen) atoms. The molecule has 3 rings (SSSR count). The maximum Gasteiger partial charge on any atom is 0.224 e. The summed E-state index contributed by atoms with van der Waals surface area (Å²) in [7, 11) is 0. The first-order chi connectivity index (χ1) is 11.7. The standard InChI is InChI=1S/C18H21ClN4O/c1-2-15-13-22(17-9-8-16(19)20-21-17)11-10-18(24)23(15)12-14-6-4-3-5-7-14/h3-9,15H,2,10-13H2,1H3/t15-/m1/s1. The van der Waals surface area contributed by atoms with Gasteiger partial charge in [0.15, 0.2) is 11.0 Å². The van der Waals surface area contributed by atoms with Gasteiger partial charge >= 0.3 is 0 Å².